The number of hydrogen-bond acceptors (Lipinski definition) is 3. The molecule has 0 saturated carbocycles. The van der Waals surface area contributed by atoms with E-state index in [9.17, 15) is 9.59 Å². The molecule has 14 heavy (non-hydrogen) atoms. The maximum atomic E-state index is 10.2. The number of hydrogen-bond donors (Lipinski definition) is 3. The Balaban J connectivity index is 2.54. The van der Waals surface area contributed by atoms with Gasteiger partial charge in [-0.1, -0.05) is 0 Å². The van der Waals surface area contributed by atoms with E-state index in [4.69, 9.17) is 5.11 Å². The first kappa shape index (κ1) is 10.0. The van der Waals surface area contributed by atoms with Gasteiger partial charge in [0.05, 0.1) is 0 Å². The highest BCUT2D eigenvalue weighted by Crippen LogP contribution is 2.12. The van der Waals surface area contributed by atoms with Gasteiger partial charge in [0, 0.05) is 11.4 Å². The Kier molecular flexibility index (Phi) is 3.49. The number of rotatable bonds is 5. The van der Waals surface area contributed by atoms with Gasteiger partial charge in [0.2, 0.25) is 6.41 Å². The molecule has 0 atom stereocenters. The van der Waals surface area contributed by atoms with Gasteiger partial charge in [-0.2, -0.15) is 0 Å². The van der Waals surface area contributed by atoms with Gasteiger partial charge >= 0.3 is 5.97 Å². The van der Waals surface area contributed by atoms with Crippen molar-refractivity contribution in [2.24, 2.45) is 0 Å². The molecule has 1 rings (SSSR count). The molecule has 0 aromatic heterocycles. The van der Waals surface area contributed by atoms with Gasteiger partial charge in [-0.05, 0) is 24.3 Å². The molecule has 0 fully saturated rings. The van der Waals surface area contributed by atoms with Gasteiger partial charge in [0.15, 0.2) is 0 Å². The van der Waals surface area contributed by atoms with Gasteiger partial charge < -0.3 is 15.7 Å². The number of carboxylic acids is 1. The van der Waals surface area contributed by atoms with E-state index in [1.165, 1.54) is 0 Å². The number of anilines is 2. The average molecular weight is 194 g/mol. The second-order valence-electron chi connectivity index (χ2n) is 2.59. The molecule has 5 heteroatoms. The lowest BCUT2D eigenvalue weighted by Crippen LogP contribution is -2.12. The third kappa shape index (κ3) is 3.14. The van der Waals surface area contributed by atoms with Crippen LogP contribution in [0.2, 0.25) is 0 Å². The minimum atomic E-state index is -0.917. The first-order valence-electron chi connectivity index (χ1n) is 3.98. The van der Waals surface area contributed by atoms with Crippen LogP contribution < -0.4 is 10.6 Å². The molecule has 0 aliphatic heterocycles. The van der Waals surface area contributed by atoms with Crippen molar-refractivity contribution in [3.63, 3.8) is 0 Å². The monoisotopic (exact) mass is 194 g/mol. The Morgan fingerprint density at radius 2 is 1.86 bits per heavy atom. The Labute approximate surface area is 80.7 Å². The summed E-state index contributed by atoms with van der Waals surface area (Å²) in [6.07, 6.45) is 0.583. The van der Waals surface area contributed by atoms with E-state index in [-0.39, 0.29) is 6.54 Å². The minimum Gasteiger partial charge on any atom is -0.480 e. The fourth-order valence-electron chi connectivity index (χ4n) is 0.930. The molecule has 1 aromatic carbocycles. The summed E-state index contributed by atoms with van der Waals surface area (Å²) in [5.41, 5.74) is 1.37. The van der Waals surface area contributed by atoms with E-state index in [1.807, 2.05) is 0 Å². The van der Waals surface area contributed by atoms with Gasteiger partial charge in [0.25, 0.3) is 0 Å². The molecule has 3 N–H and O–H groups in total. The van der Waals surface area contributed by atoms with Crippen molar-refractivity contribution in [3.05, 3.63) is 24.3 Å². The van der Waals surface area contributed by atoms with Crippen LogP contribution in [0.5, 0.6) is 0 Å². The molecule has 1 aromatic rings. The summed E-state index contributed by atoms with van der Waals surface area (Å²) in [4.78, 5) is 20.3. The van der Waals surface area contributed by atoms with Gasteiger partial charge in [-0.15, -0.1) is 0 Å². The summed E-state index contributed by atoms with van der Waals surface area (Å²) in [7, 11) is 0. The topological polar surface area (TPSA) is 78.4 Å². The van der Waals surface area contributed by atoms with Gasteiger partial charge in [0.1, 0.15) is 6.54 Å². The van der Waals surface area contributed by atoms with E-state index in [0.29, 0.717) is 17.8 Å². The highest BCUT2D eigenvalue weighted by molar-refractivity contribution is 5.74. The van der Waals surface area contributed by atoms with Crippen LogP contribution in [0.1, 0.15) is 0 Å². The van der Waals surface area contributed by atoms with Crippen LogP contribution in [0, 0.1) is 0 Å². The van der Waals surface area contributed by atoms with Crippen LogP contribution >= 0.6 is 0 Å². The second-order valence-corrected chi connectivity index (χ2v) is 2.59. The SMILES string of the molecule is O=CNc1ccc(NCC(=O)O)cc1. The quantitative estimate of drug-likeness (QED) is 0.604. The Hall–Kier alpha value is -2.04. The number of benzene rings is 1. The second kappa shape index (κ2) is 4.86. The average Bonchev–Trinajstić information content (AvgIpc) is 2.17. The van der Waals surface area contributed by atoms with Crippen molar-refractivity contribution in [3.8, 4) is 0 Å². The number of aliphatic carboxylic acids is 1. The summed E-state index contributed by atoms with van der Waals surface area (Å²) in [6, 6.07) is 6.74. The predicted molar refractivity (Wildman–Crippen MR) is 52.3 cm³/mol. The van der Waals surface area contributed by atoms with Crippen molar-refractivity contribution >= 4 is 23.8 Å². The van der Waals surface area contributed by atoms with Gasteiger partial charge in [-0.3, -0.25) is 9.59 Å². The molecule has 0 bridgehead atoms. The molecule has 0 aliphatic rings. The maximum Gasteiger partial charge on any atom is 0.322 e. The third-order valence-electron chi connectivity index (χ3n) is 1.55. The third-order valence-corrected chi connectivity index (χ3v) is 1.55. The lowest BCUT2D eigenvalue weighted by molar-refractivity contribution is -0.134. The van der Waals surface area contributed by atoms with E-state index >= 15 is 0 Å². The summed E-state index contributed by atoms with van der Waals surface area (Å²) < 4.78 is 0. The van der Waals surface area contributed by atoms with Crippen molar-refractivity contribution in [1.82, 2.24) is 0 Å². The lowest BCUT2D eigenvalue weighted by Gasteiger charge is -2.03. The smallest absolute Gasteiger partial charge is 0.322 e. The number of carboxylic acid groups (broad SMARTS) is 1. The standard InChI is InChI=1S/C9H10N2O3/c12-6-11-8-3-1-7(2-4-8)10-5-9(13)14/h1-4,6,10H,5H2,(H,11,12)(H,13,14). The van der Waals surface area contributed by atoms with E-state index < -0.39 is 5.97 Å². The zero-order chi connectivity index (χ0) is 10.4. The van der Waals surface area contributed by atoms with Crippen LogP contribution in [0.15, 0.2) is 24.3 Å². The molecule has 0 unspecified atom stereocenters. The normalized spacial score (nSPS) is 9.14. The number of amides is 1. The molecular weight excluding hydrogens is 184 g/mol. The molecule has 74 valence electrons. The van der Waals surface area contributed by atoms with Crippen LogP contribution in [0.25, 0.3) is 0 Å². The highest BCUT2D eigenvalue weighted by atomic mass is 16.4. The molecule has 0 heterocycles. The molecule has 0 saturated heterocycles. The Morgan fingerprint density at radius 3 is 2.36 bits per heavy atom. The van der Waals surface area contributed by atoms with Crippen LogP contribution in [0.3, 0.4) is 0 Å². The Bertz CT molecular complexity index is 321. The molecule has 5 nitrogen and oxygen atoms in total. The zero-order valence-electron chi connectivity index (χ0n) is 7.36. The molecule has 0 spiro atoms. The Morgan fingerprint density at radius 1 is 1.29 bits per heavy atom. The summed E-state index contributed by atoms with van der Waals surface area (Å²) >= 11 is 0. The van der Waals surface area contributed by atoms with Crippen molar-refractivity contribution in [2.75, 3.05) is 17.2 Å². The predicted octanol–water partition coefficient (Wildman–Crippen LogP) is 0.751. The lowest BCUT2D eigenvalue weighted by atomic mass is 10.3. The van der Waals surface area contributed by atoms with Crippen molar-refractivity contribution < 1.29 is 14.7 Å². The molecular formula is C9H10N2O3. The van der Waals surface area contributed by atoms with E-state index in [2.05, 4.69) is 10.6 Å². The van der Waals surface area contributed by atoms with Crippen LogP contribution in [-0.2, 0) is 9.59 Å². The summed E-state index contributed by atoms with van der Waals surface area (Å²) in [5, 5.41) is 13.6. The number of nitrogens with one attached hydrogen (secondary N) is 2. The zero-order valence-corrected chi connectivity index (χ0v) is 7.36. The molecule has 0 aliphatic carbocycles. The molecule has 0 radical (unpaired) electrons. The maximum absolute atomic E-state index is 10.2. The summed E-state index contributed by atoms with van der Waals surface area (Å²) in [5.74, 6) is -0.917. The minimum absolute atomic E-state index is 0.125. The van der Waals surface area contributed by atoms with E-state index in [0.717, 1.165) is 0 Å². The fraction of sp³-hybridized carbons (Fsp3) is 0.111. The van der Waals surface area contributed by atoms with E-state index in [1.54, 1.807) is 24.3 Å². The largest absolute Gasteiger partial charge is 0.480 e. The van der Waals surface area contributed by atoms with Crippen molar-refractivity contribution in [1.29, 1.82) is 0 Å². The number of carbonyl (C=O) groups excluding carboxylic acids is 1. The summed E-state index contributed by atoms with van der Waals surface area (Å²) in [6.45, 7) is -0.125. The highest BCUT2D eigenvalue weighted by Gasteiger charge is 1.96. The molecule has 1 amide bonds. The number of carbonyl (C=O) groups is 2. The van der Waals surface area contributed by atoms with Crippen LogP contribution in [-0.4, -0.2) is 24.0 Å². The van der Waals surface area contributed by atoms with Gasteiger partial charge in [-0.25, -0.2) is 0 Å². The van der Waals surface area contributed by atoms with Crippen LogP contribution in [0.4, 0.5) is 11.4 Å². The fourth-order valence-corrected chi connectivity index (χ4v) is 0.930. The first-order valence-corrected chi connectivity index (χ1v) is 3.98. The van der Waals surface area contributed by atoms with Crippen molar-refractivity contribution in [2.45, 2.75) is 0 Å². The first-order chi connectivity index (χ1) is 6.72.